The van der Waals surface area contributed by atoms with Crippen molar-refractivity contribution >= 4 is 17.4 Å². The van der Waals surface area contributed by atoms with E-state index in [0.717, 1.165) is 5.56 Å². The summed E-state index contributed by atoms with van der Waals surface area (Å²) in [7, 11) is 1.52. The number of ketones is 1. The van der Waals surface area contributed by atoms with Crippen molar-refractivity contribution < 1.29 is 9.53 Å². The Labute approximate surface area is 147 Å². The average Bonchev–Trinajstić information content (AvgIpc) is 2.55. The first-order valence-electron chi connectivity index (χ1n) is 7.69. The summed E-state index contributed by atoms with van der Waals surface area (Å²) < 4.78 is 5.05. The monoisotopic (exact) mass is 342 g/mol. The van der Waals surface area contributed by atoms with E-state index in [4.69, 9.17) is 21.6 Å². The highest BCUT2D eigenvalue weighted by molar-refractivity contribution is 6.31. The number of nitrogens with zero attached hydrogens (tertiary/aromatic N) is 2. The number of methoxy groups -OCH3 is 1. The molecule has 1 aromatic heterocycles. The van der Waals surface area contributed by atoms with Gasteiger partial charge in [0, 0.05) is 25.6 Å². The molecule has 0 saturated heterocycles. The number of benzene rings is 1. The van der Waals surface area contributed by atoms with Gasteiger partial charge in [0.1, 0.15) is 11.9 Å². The summed E-state index contributed by atoms with van der Waals surface area (Å²) >= 11 is 6.13. The molecule has 2 rings (SSSR count). The molecule has 1 heterocycles. The molecule has 0 radical (unpaired) electrons. The summed E-state index contributed by atoms with van der Waals surface area (Å²) in [5.41, 5.74) is 2.46. The lowest BCUT2D eigenvalue weighted by atomic mass is 9.94. The molecule has 0 bridgehead atoms. The van der Waals surface area contributed by atoms with Gasteiger partial charge in [0.15, 0.2) is 0 Å². The van der Waals surface area contributed by atoms with Gasteiger partial charge >= 0.3 is 0 Å². The van der Waals surface area contributed by atoms with Crippen LogP contribution in [0, 0.1) is 11.3 Å². The van der Waals surface area contributed by atoms with Crippen LogP contribution in [0.2, 0.25) is 5.02 Å². The standard InChI is InChI=1S/C19H19ClN2O2/c1-13(14-6-4-3-5-7-14)8-16(23)9-15-10-18(20)17(11-21)19(22-15)12-24-2/h3-7,10,13H,8-9,12H2,1-2H3/t13-/m0/s1. The Morgan fingerprint density at radius 3 is 2.71 bits per heavy atom. The molecule has 4 nitrogen and oxygen atoms in total. The van der Waals surface area contributed by atoms with E-state index in [2.05, 4.69) is 4.98 Å². The van der Waals surface area contributed by atoms with Gasteiger partial charge in [-0.3, -0.25) is 9.78 Å². The van der Waals surface area contributed by atoms with Gasteiger partial charge in [0.25, 0.3) is 0 Å². The van der Waals surface area contributed by atoms with E-state index in [9.17, 15) is 4.79 Å². The topological polar surface area (TPSA) is 63.0 Å². The van der Waals surface area contributed by atoms with E-state index in [0.29, 0.717) is 28.4 Å². The summed E-state index contributed by atoms with van der Waals surface area (Å²) in [4.78, 5) is 16.7. The maximum Gasteiger partial charge on any atom is 0.139 e. The van der Waals surface area contributed by atoms with E-state index < -0.39 is 0 Å². The number of carbonyl (C=O) groups is 1. The lowest BCUT2D eigenvalue weighted by molar-refractivity contribution is -0.118. The third kappa shape index (κ3) is 4.64. The predicted molar refractivity (Wildman–Crippen MR) is 92.9 cm³/mol. The molecule has 0 unspecified atom stereocenters. The van der Waals surface area contributed by atoms with Crippen molar-refractivity contribution in [2.75, 3.05) is 7.11 Å². The Balaban J connectivity index is 2.10. The number of aromatic nitrogens is 1. The molecule has 0 amide bonds. The second-order valence-electron chi connectivity index (χ2n) is 5.69. The van der Waals surface area contributed by atoms with E-state index >= 15 is 0 Å². The molecule has 0 fully saturated rings. The third-order valence-electron chi connectivity index (χ3n) is 3.77. The van der Waals surface area contributed by atoms with Crippen molar-refractivity contribution in [1.29, 1.82) is 5.26 Å². The van der Waals surface area contributed by atoms with E-state index in [1.54, 1.807) is 6.07 Å². The number of ether oxygens (including phenoxy) is 1. The second-order valence-corrected chi connectivity index (χ2v) is 6.10. The molecule has 1 atom stereocenters. The van der Waals surface area contributed by atoms with Crippen LogP contribution in [0.25, 0.3) is 0 Å². The van der Waals surface area contributed by atoms with Crippen LogP contribution in [0.5, 0.6) is 0 Å². The van der Waals surface area contributed by atoms with Crippen LogP contribution < -0.4 is 0 Å². The third-order valence-corrected chi connectivity index (χ3v) is 4.07. The van der Waals surface area contributed by atoms with Crippen molar-refractivity contribution in [2.45, 2.75) is 32.3 Å². The van der Waals surface area contributed by atoms with Gasteiger partial charge in [0.05, 0.1) is 22.9 Å². The molecule has 0 aliphatic carbocycles. The fraction of sp³-hybridized carbons (Fsp3) is 0.316. The molecule has 5 heteroatoms. The molecule has 24 heavy (non-hydrogen) atoms. The zero-order valence-corrected chi connectivity index (χ0v) is 14.5. The maximum atomic E-state index is 12.4. The zero-order chi connectivity index (χ0) is 17.5. The van der Waals surface area contributed by atoms with E-state index in [1.165, 1.54) is 7.11 Å². The Morgan fingerprint density at radius 2 is 2.08 bits per heavy atom. The Hall–Kier alpha value is -2.22. The molecule has 0 N–H and O–H groups in total. The SMILES string of the molecule is COCc1nc(CC(=O)C[C@H](C)c2ccccc2)cc(Cl)c1C#N. The number of hydrogen-bond acceptors (Lipinski definition) is 4. The summed E-state index contributed by atoms with van der Waals surface area (Å²) in [5.74, 6) is 0.231. The minimum absolute atomic E-state index is 0.0861. The summed E-state index contributed by atoms with van der Waals surface area (Å²) in [6.07, 6.45) is 0.627. The van der Waals surface area contributed by atoms with Crippen molar-refractivity contribution in [3.8, 4) is 6.07 Å². The highest BCUT2D eigenvalue weighted by Gasteiger charge is 2.16. The van der Waals surface area contributed by atoms with Crippen LogP contribution in [0.4, 0.5) is 0 Å². The van der Waals surface area contributed by atoms with Crippen LogP contribution in [-0.4, -0.2) is 17.9 Å². The fourth-order valence-corrected chi connectivity index (χ4v) is 2.86. The van der Waals surface area contributed by atoms with Crippen molar-refractivity contribution in [3.05, 3.63) is 63.9 Å². The van der Waals surface area contributed by atoms with Crippen LogP contribution in [0.15, 0.2) is 36.4 Å². The fourth-order valence-electron chi connectivity index (χ4n) is 2.58. The molecule has 0 spiro atoms. The van der Waals surface area contributed by atoms with Gasteiger partial charge in [-0.2, -0.15) is 5.26 Å². The van der Waals surface area contributed by atoms with Gasteiger partial charge in [-0.1, -0.05) is 48.9 Å². The Kier molecular flexibility index (Phi) is 6.48. The van der Waals surface area contributed by atoms with Crippen LogP contribution in [0.3, 0.4) is 0 Å². The lowest BCUT2D eigenvalue weighted by Crippen LogP contribution is -2.10. The Bertz CT molecular complexity index is 754. The number of pyridine rings is 1. The Morgan fingerprint density at radius 1 is 1.38 bits per heavy atom. The molecule has 1 aromatic carbocycles. The summed E-state index contributed by atoms with van der Waals surface area (Å²) in [5, 5.41) is 9.45. The smallest absolute Gasteiger partial charge is 0.139 e. The summed E-state index contributed by atoms with van der Waals surface area (Å²) in [6.45, 7) is 2.22. The number of Topliss-reactive ketones (excluding diaryl/α,β-unsaturated/α-hetero) is 1. The largest absolute Gasteiger partial charge is 0.378 e. The van der Waals surface area contributed by atoms with Crippen molar-refractivity contribution in [3.63, 3.8) is 0 Å². The molecule has 0 aliphatic rings. The molecular formula is C19H19ClN2O2. The molecule has 2 aromatic rings. The highest BCUT2D eigenvalue weighted by atomic mass is 35.5. The minimum atomic E-state index is 0.0861. The van der Waals surface area contributed by atoms with Crippen LogP contribution >= 0.6 is 11.6 Å². The minimum Gasteiger partial charge on any atom is -0.378 e. The van der Waals surface area contributed by atoms with Gasteiger partial charge in [-0.05, 0) is 17.5 Å². The van der Waals surface area contributed by atoms with Gasteiger partial charge in [-0.25, -0.2) is 0 Å². The summed E-state index contributed by atoms with van der Waals surface area (Å²) in [6, 6.07) is 13.5. The average molecular weight is 343 g/mol. The normalized spacial score (nSPS) is 11.8. The van der Waals surface area contributed by atoms with Crippen LogP contribution in [-0.2, 0) is 22.6 Å². The number of rotatable bonds is 7. The molecule has 0 aliphatic heterocycles. The molecule has 0 saturated carbocycles. The first kappa shape index (κ1) is 18.1. The molecule has 124 valence electrons. The number of halogens is 1. The van der Waals surface area contributed by atoms with Gasteiger partial charge in [-0.15, -0.1) is 0 Å². The zero-order valence-electron chi connectivity index (χ0n) is 13.8. The predicted octanol–water partition coefficient (Wildman–Crippen LogP) is 4.06. The number of hydrogen-bond donors (Lipinski definition) is 0. The van der Waals surface area contributed by atoms with Crippen molar-refractivity contribution in [1.82, 2.24) is 4.98 Å². The first-order valence-corrected chi connectivity index (χ1v) is 8.07. The van der Waals surface area contributed by atoms with Crippen molar-refractivity contribution in [2.24, 2.45) is 0 Å². The van der Waals surface area contributed by atoms with Crippen LogP contribution in [0.1, 0.15) is 41.8 Å². The highest BCUT2D eigenvalue weighted by Crippen LogP contribution is 2.22. The quantitative estimate of drug-likeness (QED) is 0.761. The number of nitriles is 1. The van der Waals surface area contributed by atoms with Gasteiger partial charge in [0.2, 0.25) is 0 Å². The second kappa shape index (κ2) is 8.58. The maximum absolute atomic E-state index is 12.4. The molecular weight excluding hydrogens is 324 g/mol. The number of carbonyl (C=O) groups excluding carboxylic acids is 1. The van der Waals surface area contributed by atoms with Gasteiger partial charge < -0.3 is 4.74 Å². The van der Waals surface area contributed by atoms with E-state index in [-0.39, 0.29) is 24.7 Å². The lowest BCUT2D eigenvalue weighted by Gasteiger charge is -2.12. The first-order chi connectivity index (χ1) is 11.5. The van der Waals surface area contributed by atoms with E-state index in [1.807, 2.05) is 43.3 Å².